The van der Waals surface area contributed by atoms with Crippen LogP contribution in [0.15, 0.2) is 4.99 Å². The molecule has 128 valence electrons. The zero-order chi connectivity index (χ0) is 16.4. The molecule has 2 aliphatic rings. The molecule has 0 amide bonds. The van der Waals surface area contributed by atoms with Crippen molar-refractivity contribution in [3.05, 3.63) is 11.6 Å². The van der Waals surface area contributed by atoms with Crippen molar-refractivity contribution < 1.29 is 0 Å². The van der Waals surface area contributed by atoms with Gasteiger partial charge in [-0.2, -0.15) is 11.8 Å². The second-order valence-corrected chi connectivity index (χ2v) is 8.94. The number of fused-ring (bicyclic) bond motifs is 1. The third kappa shape index (κ3) is 3.82. The summed E-state index contributed by atoms with van der Waals surface area (Å²) in [7, 11) is 1.89. The van der Waals surface area contributed by atoms with Crippen LogP contribution in [0.2, 0.25) is 0 Å². The van der Waals surface area contributed by atoms with Crippen LogP contribution in [0.1, 0.15) is 31.9 Å². The first-order valence-electron chi connectivity index (χ1n) is 8.47. The van der Waals surface area contributed by atoms with E-state index in [-0.39, 0.29) is 0 Å². The number of aryl methyl sites for hydroxylation is 2. The van der Waals surface area contributed by atoms with Gasteiger partial charge < -0.3 is 14.8 Å². The Bertz CT molecular complexity index is 579. The molecule has 0 spiro atoms. The minimum Gasteiger partial charge on any atom is -0.356 e. The Labute approximate surface area is 143 Å². The molecule has 1 aromatic heterocycles. The molecule has 1 saturated heterocycles. The molecule has 1 aromatic rings. The van der Waals surface area contributed by atoms with Crippen molar-refractivity contribution >= 4 is 17.7 Å². The summed E-state index contributed by atoms with van der Waals surface area (Å²) >= 11 is 2.05. The van der Waals surface area contributed by atoms with Gasteiger partial charge in [-0.25, -0.2) is 0 Å². The minimum absolute atomic E-state index is 0.301. The van der Waals surface area contributed by atoms with E-state index in [4.69, 9.17) is 0 Å². The Balaban J connectivity index is 1.56. The number of thioether (sulfide) groups is 1. The smallest absolute Gasteiger partial charge is 0.193 e. The highest BCUT2D eigenvalue weighted by Gasteiger charge is 2.29. The van der Waals surface area contributed by atoms with Gasteiger partial charge in [-0.3, -0.25) is 4.99 Å². The second kappa shape index (κ2) is 6.71. The lowest BCUT2D eigenvalue weighted by molar-refractivity contribution is 0.340. The van der Waals surface area contributed by atoms with Crippen molar-refractivity contribution in [1.82, 2.24) is 25.0 Å². The predicted octanol–water partition coefficient (Wildman–Crippen LogP) is 1.55. The van der Waals surface area contributed by atoms with Crippen LogP contribution in [0.25, 0.3) is 0 Å². The van der Waals surface area contributed by atoms with Crippen molar-refractivity contribution in [3.8, 4) is 0 Å². The van der Waals surface area contributed by atoms with E-state index in [1.54, 1.807) is 0 Å². The number of aromatic nitrogens is 3. The van der Waals surface area contributed by atoms with Gasteiger partial charge in [0, 0.05) is 50.1 Å². The Morgan fingerprint density at radius 1 is 1.43 bits per heavy atom. The average Bonchev–Trinajstić information content (AvgIpc) is 2.88. The monoisotopic (exact) mass is 336 g/mol. The number of rotatable bonds is 2. The molecule has 0 saturated carbocycles. The molecule has 6 nitrogen and oxygen atoms in total. The molecule has 0 bridgehead atoms. The van der Waals surface area contributed by atoms with Crippen molar-refractivity contribution in [1.29, 1.82) is 0 Å². The highest BCUT2D eigenvalue weighted by atomic mass is 32.2. The zero-order valence-corrected chi connectivity index (χ0v) is 15.5. The maximum absolute atomic E-state index is 4.50. The largest absolute Gasteiger partial charge is 0.356 e. The maximum Gasteiger partial charge on any atom is 0.193 e. The maximum atomic E-state index is 4.50. The van der Waals surface area contributed by atoms with Crippen molar-refractivity contribution in [2.24, 2.45) is 10.9 Å². The van der Waals surface area contributed by atoms with Gasteiger partial charge in [0.15, 0.2) is 5.96 Å². The molecule has 1 unspecified atom stereocenters. The van der Waals surface area contributed by atoms with E-state index >= 15 is 0 Å². The molecule has 2 aliphatic heterocycles. The van der Waals surface area contributed by atoms with E-state index in [1.165, 1.54) is 12.2 Å². The second-order valence-electron chi connectivity index (χ2n) is 7.14. The van der Waals surface area contributed by atoms with E-state index in [2.05, 4.69) is 55.6 Å². The van der Waals surface area contributed by atoms with Gasteiger partial charge in [-0.1, -0.05) is 0 Å². The molecule has 0 radical (unpaired) electrons. The van der Waals surface area contributed by atoms with Crippen molar-refractivity contribution in [2.45, 2.75) is 44.9 Å². The molecule has 3 heterocycles. The number of nitrogens with one attached hydrogen (secondary N) is 1. The summed E-state index contributed by atoms with van der Waals surface area (Å²) in [6, 6.07) is 0. The van der Waals surface area contributed by atoms with Gasteiger partial charge in [-0.05, 0) is 33.1 Å². The number of hydrogen-bond acceptors (Lipinski definition) is 4. The van der Waals surface area contributed by atoms with E-state index in [1.807, 2.05) is 14.0 Å². The number of aliphatic imine (C=N–C) groups is 1. The third-order valence-electron chi connectivity index (χ3n) is 4.72. The number of nitrogens with zero attached hydrogens (tertiary/aromatic N) is 5. The predicted molar refractivity (Wildman–Crippen MR) is 96.0 cm³/mol. The van der Waals surface area contributed by atoms with Crippen LogP contribution in [0, 0.1) is 12.8 Å². The van der Waals surface area contributed by atoms with Crippen LogP contribution in [-0.2, 0) is 13.0 Å². The standard InChI is InChI=1S/C16H28N6S/c1-12-19-20-14-6-5-13(10-22(12)14)9-18-15(17-4)21-7-8-23-16(2,3)11-21/h13H,5-11H2,1-4H3,(H,17,18). The van der Waals surface area contributed by atoms with Gasteiger partial charge in [0.1, 0.15) is 11.6 Å². The quantitative estimate of drug-likeness (QED) is 0.656. The molecular weight excluding hydrogens is 308 g/mol. The Morgan fingerprint density at radius 2 is 2.26 bits per heavy atom. The van der Waals surface area contributed by atoms with Gasteiger partial charge in [0.25, 0.3) is 0 Å². The molecule has 0 aliphatic carbocycles. The fourth-order valence-corrected chi connectivity index (χ4v) is 4.57. The van der Waals surface area contributed by atoms with Crippen LogP contribution < -0.4 is 5.32 Å². The summed E-state index contributed by atoms with van der Waals surface area (Å²) in [5, 5.41) is 12.0. The number of guanidine groups is 1. The number of hydrogen-bond donors (Lipinski definition) is 1. The van der Waals surface area contributed by atoms with Crippen LogP contribution >= 0.6 is 11.8 Å². The summed E-state index contributed by atoms with van der Waals surface area (Å²) in [6.07, 6.45) is 2.20. The van der Waals surface area contributed by atoms with Crippen LogP contribution in [0.3, 0.4) is 0 Å². The average molecular weight is 337 g/mol. The minimum atomic E-state index is 0.301. The SMILES string of the molecule is CN=C(NCC1CCc2nnc(C)n2C1)N1CCSC(C)(C)C1. The first kappa shape index (κ1) is 16.6. The van der Waals surface area contributed by atoms with Gasteiger partial charge in [0.05, 0.1) is 0 Å². The lowest BCUT2D eigenvalue weighted by Gasteiger charge is -2.39. The molecule has 3 rings (SSSR count). The molecular formula is C16H28N6S. The van der Waals surface area contributed by atoms with E-state index in [9.17, 15) is 0 Å². The lowest BCUT2D eigenvalue weighted by Crippen LogP contribution is -2.51. The Hall–Kier alpha value is -1.24. The summed E-state index contributed by atoms with van der Waals surface area (Å²) in [5.41, 5.74) is 0. The Morgan fingerprint density at radius 3 is 3.00 bits per heavy atom. The normalized spacial score (nSPS) is 24.4. The summed E-state index contributed by atoms with van der Waals surface area (Å²) in [5.74, 6) is 4.99. The van der Waals surface area contributed by atoms with Gasteiger partial charge in [0.2, 0.25) is 0 Å². The molecule has 23 heavy (non-hydrogen) atoms. The fourth-order valence-electron chi connectivity index (χ4n) is 3.46. The van der Waals surface area contributed by atoms with Crippen LogP contribution in [-0.4, -0.2) is 62.8 Å². The first-order valence-corrected chi connectivity index (χ1v) is 9.45. The first-order chi connectivity index (χ1) is 11.0. The highest BCUT2D eigenvalue weighted by Crippen LogP contribution is 2.29. The third-order valence-corrected chi connectivity index (χ3v) is 6.01. The van der Waals surface area contributed by atoms with Crippen LogP contribution in [0.5, 0.6) is 0 Å². The molecule has 1 fully saturated rings. The van der Waals surface area contributed by atoms with Gasteiger partial charge >= 0.3 is 0 Å². The summed E-state index contributed by atoms with van der Waals surface area (Å²) < 4.78 is 2.56. The van der Waals surface area contributed by atoms with E-state index in [0.717, 1.165) is 50.2 Å². The van der Waals surface area contributed by atoms with Crippen molar-refractivity contribution in [2.75, 3.05) is 32.4 Å². The highest BCUT2D eigenvalue weighted by molar-refractivity contribution is 8.00. The topological polar surface area (TPSA) is 58.3 Å². The summed E-state index contributed by atoms with van der Waals surface area (Å²) in [4.78, 5) is 6.90. The molecule has 1 atom stereocenters. The lowest BCUT2D eigenvalue weighted by atomic mass is 9.99. The van der Waals surface area contributed by atoms with E-state index < -0.39 is 0 Å². The Kier molecular flexibility index (Phi) is 4.85. The molecule has 0 aromatic carbocycles. The van der Waals surface area contributed by atoms with Crippen molar-refractivity contribution in [3.63, 3.8) is 0 Å². The van der Waals surface area contributed by atoms with E-state index in [0.29, 0.717) is 10.7 Å². The molecule has 1 N–H and O–H groups in total. The summed E-state index contributed by atoms with van der Waals surface area (Å²) in [6.45, 7) is 10.8. The zero-order valence-electron chi connectivity index (χ0n) is 14.7. The molecule has 7 heteroatoms. The fraction of sp³-hybridized carbons (Fsp3) is 0.812. The van der Waals surface area contributed by atoms with Gasteiger partial charge in [-0.15, -0.1) is 10.2 Å². The van der Waals surface area contributed by atoms with Crippen LogP contribution in [0.4, 0.5) is 0 Å².